The summed E-state index contributed by atoms with van der Waals surface area (Å²) in [6, 6.07) is 10.1. The molecule has 1 N–H and O–H groups in total. The molecule has 0 spiro atoms. The minimum absolute atomic E-state index is 0.0460. The van der Waals surface area contributed by atoms with Gasteiger partial charge in [-0.3, -0.25) is 0 Å². The van der Waals surface area contributed by atoms with Crippen molar-refractivity contribution in [2.45, 2.75) is 70.1 Å². The van der Waals surface area contributed by atoms with Crippen LogP contribution < -0.4 is 0 Å². The van der Waals surface area contributed by atoms with Gasteiger partial charge >= 0.3 is 0 Å². The summed E-state index contributed by atoms with van der Waals surface area (Å²) in [5, 5.41) is 10.5. The van der Waals surface area contributed by atoms with E-state index in [1.54, 1.807) is 0 Å². The molecule has 0 radical (unpaired) electrons. The fourth-order valence-corrected chi connectivity index (χ4v) is 3.42. The molecule has 4 heteroatoms. The van der Waals surface area contributed by atoms with E-state index in [-0.39, 0.29) is 17.2 Å². The first-order valence-electron chi connectivity index (χ1n) is 8.25. The summed E-state index contributed by atoms with van der Waals surface area (Å²) in [5.74, 6) is 0. The van der Waals surface area contributed by atoms with Gasteiger partial charge in [0.2, 0.25) is 0 Å². The van der Waals surface area contributed by atoms with Crippen molar-refractivity contribution < 1.29 is 14.3 Å². The summed E-state index contributed by atoms with van der Waals surface area (Å²) in [6.07, 6.45) is 1.25. The van der Waals surface area contributed by atoms with E-state index < -0.39 is 14.4 Å². The van der Waals surface area contributed by atoms with Crippen molar-refractivity contribution in [1.82, 2.24) is 0 Å². The van der Waals surface area contributed by atoms with Crippen LogP contribution in [-0.4, -0.2) is 32.2 Å². The molecule has 2 unspecified atom stereocenters. The molecule has 0 bridgehead atoms. The first kappa shape index (κ1) is 17.7. The van der Waals surface area contributed by atoms with Gasteiger partial charge in [-0.1, -0.05) is 51.1 Å². The third-order valence-electron chi connectivity index (χ3n) is 4.95. The van der Waals surface area contributed by atoms with Crippen LogP contribution in [0.3, 0.4) is 0 Å². The monoisotopic (exact) mass is 322 g/mol. The molecule has 124 valence electrons. The first-order valence-corrected chi connectivity index (χ1v) is 11.2. The molecule has 0 aromatic heterocycles. The van der Waals surface area contributed by atoms with Gasteiger partial charge in [0, 0.05) is 6.61 Å². The Balaban J connectivity index is 1.69. The van der Waals surface area contributed by atoms with Crippen LogP contribution in [0.1, 0.15) is 45.3 Å². The van der Waals surface area contributed by atoms with Crippen LogP contribution in [0.2, 0.25) is 18.1 Å². The van der Waals surface area contributed by atoms with Crippen molar-refractivity contribution >= 4 is 8.32 Å². The third kappa shape index (κ3) is 4.41. The van der Waals surface area contributed by atoms with E-state index in [0.29, 0.717) is 0 Å². The Morgan fingerprint density at radius 1 is 1.23 bits per heavy atom. The Kier molecular flexibility index (Phi) is 5.48. The number of hydrogen-bond acceptors (Lipinski definition) is 3. The van der Waals surface area contributed by atoms with Gasteiger partial charge in [-0.25, -0.2) is 0 Å². The normalized spacial score (nSPS) is 23.4. The van der Waals surface area contributed by atoms with Gasteiger partial charge in [0.25, 0.3) is 0 Å². The minimum atomic E-state index is -1.67. The van der Waals surface area contributed by atoms with Gasteiger partial charge in [0.15, 0.2) is 8.32 Å². The summed E-state index contributed by atoms with van der Waals surface area (Å²) in [5.41, 5.74) is 1.16. The topological polar surface area (TPSA) is 42.0 Å². The van der Waals surface area contributed by atoms with Gasteiger partial charge in [-0.05, 0) is 36.5 Å². The molecule has 0 amide bonds. The molecule has 0 saturated carbocycles. The Labute approximate surface area is 135 Å². The molecule has 3 nitrogen and oxygen atoms in total. The third-order valence-corrected chi connectivity index (χ3v) is 9.48. The van der Waals surface area contributed by atoms with Crippen LogP contribution in [0.5, 0.6) is 0 Å². The van der Waals surface area contributed by atoms with Gasteiger partial charge in [-0.2, -0.15) is 0 Å². The SMILES string of the molecule is CC(C)(C)[Si](C)(C)OCCC[C@@H](O)C1OC1c1ccccc1. The van der Waals surface area contributed by atoms with Crippen molar-refractivity contribution in [1.29, 1.82) is 0 Å². The van der Waals surface area contributed by atoms with Crippen molar-refractivity contribution in [3.05, 3.63) is 35.9 Å². The summed E-state index contributed by atoms with van der Waals surface area (Å²) < 4.78 is 11.8. The summed E-state index contributed by atoms with van der Waals surface area (Å²) in [4.78, 5) is 0. The van der Waals surface area contributed by atoms with E-state index in [4.69, 9.17) is 9.16 Å². The number of aliphatic hydroxyl groups is 1. The molecule has 1 fully saturated rings. The molecule has 1 aromatic carbocycles. The summed E-state index contributed by atoms with van der Waals surface area (Å²) >= 11 is 0. The lowest BCUT2D eigenvalue weighted by molar-refractivity contribution is 0.117. The fourth-order valence-electron chi connectivity index (χ4n) is 2.33. The Hall–Kier alpha value is -0.683. The van der Waals surface area contributed by atoms with Crippen LogP contribution in [0, 0.1) is 0 Å². The largest absolute Gasteiger partial charge is 0.417 e. The van der Waals surface area contributed by atoms with Crippen molar-refractivity contribution in [2.75, 3.05) is 6.61 Å². The zero-order valence-corrected chi connectivity index (χ0v) is 15.5. The van der Waals surface area contributed by atoms with E-state index in [2.05, 4.69) is 46.0 Å². The van der Waals surface area contributed by atoms with Crippen molar-refractivity contribution in [2.24, 2.45) is 0 Å². The number of rotatable bonds is 7. The molecule has 0 aliphatic carbocycles. The molecule has 22 heavy (non-hydrogen) atoms. The number of epoxide rings is 1. The second-order valence-corrected chi connectivity index (χ2v) is 12.6. The summed E-state index contributed by atoms with van der Waals surface area (Å²) in [6.45, 7) is 12.0. The molecule has 1 aliphatic heterocycles. The molecule has 1 saturated heterocycles. The highest BCUT2D eigenvalue weighted by Crippen LogP contribution is 2.41. The van der Waals surface area contributed by atoms with Crippen molar-refractivity contribution in [3.8, 4) is 0 Å². The van der Waals surface area contributed by atoms with E-state index >= 15 is 0 Å². The van der Waals surface area contributed by atoms with Gasteiger partial charge < -0.3 is 14.3 Å². The average molecular weight is 323 g/mol. The fraction of sp³-hybridized carbons (Fsp3) is 0.667. The van der Waals surface area contributed by atoms with Crippen LogP contribution in [-0.2, 0) is 9.16 Å². The van der Waals surface area contributed by atoms with E-state index in [1.807, 2.05) is 18.2 Å². The molecule has 2 rings (SSSR count). The lowest BCUT2D eigenvalue weighted by Gasteiger charge is -2.36. The predicted molar refractivity (Wildman–Crippen MR) is 92.4 cm³/mol. The number of aliphatic hydroxyl groups excluding tert-OH is 1. The Bertz CT molecular complexity index is 467. The quantitative estimate of drug-likeness (QED) is 0.462. The Morgan fingerprint density at radius 3 is 2.45 bits per heavy atom. The average Bonchev–Trinajstić information content (AvgIpc) is 3.23. The highest BCUT2D eigenvalue weighted by atomic mass is 28.4. The van der Waals surface area contributed by atoms with E-state index in [0.717, 1.165) is 25.0 Å². The first-order chi connectivity index (χ1) is 10.2. The standard InChI is InChI=1S/C18H30O3Si/c1-18(2,3)22(4,5)20-13-9-12-15(19)17-16(21-17)14-10-7-6-8-11-14/h6-8,10-11,15-17,19H,9,12-13H2,1-5H3/t15-,16?,17?/m1/s1. The molecular formula is C18H30O3Si. The molecule has 1 aromatic rings. The van der Waals surface area contributed by atoms with Crippen LogP contribution in [0.15, 0.2) is 30.3 Å². The molecule has 3 atom stereocenters. The summed E-state index contributed by atoms with van der Waals surface area (Å²) in [7, 11) is -1.67. The maximum Gasteiger partial charge on any atom is 0.191 e. The zero-order valence-electron chi connectivity index (χ0n) is 14.5. The number of ether oxygens (including phenoxy) is 1. The second kappa shape index (κ2) is 6.83. The van der Waals surface area contributed by atoms with Crippen molar-refractivity contribution in [3.63, 3.8) is 0 Å². The maximum atomic E-state index is 10.2. The van der Waals surface area contributed by atoms with E-state index in [9.17, 15) is 5.11 Å². The van der Waals surface area contributed by atoms with Crippen LogP contribution in [0.4, 0.5) is 0 Å². The second-order valence-electron chi connectivity index (χ2n) is 7.75. The minimum Gasteiger partial charge on any atom is -0.417 e. The van der Waals surface area contributed by atoms with Gasteiger partial charge in [0.1, 0.15) is 12.2 Å². The molecular weight excluding hydrogens is 292 g/mol. The number of benzene rings is 1. The van der Waals surface area contributed by atoms with Crippen LogP contribution in [0.25, 0.3) is 0 Å². The maximum absolute atomic E-state index is 10.2. The van der Waals surface area contributed by atoms with E-state index in [1.165, 1.54) is 0 Å². The zero-order chi connectivity index (χ0) is 16.4. The smallest absolute Gasteiger partial charge is 0.191 e. The highest BCUT2D eigenvalue weighted by Gasteiger charge is 2.45. The molecule has 1 heterocycles. The Morgan fingerprint density at radius 2 is 1.86 bits per heavy atom. The number of hydrogen-bond donors (Lipinski definition) is 1. The van der Waals surface area contributed by atoms with Gasteiger partial charge in [-0.15, -0.1) is 0 Å². The highest BCUT2D eigenvalue weighted by molar-refractivity contribution is 6.74. The van der Waals surface area contributed by atoms with Crippen LogP contribution >= 0.6 is 0 Å². The lowest BCUT2D eigenvalue weighted by atomic mass is 10.0. The van der Waals surface area contributed by atoms with Gasteiger partial charge in [0.05, 0.1) is 6.10 Å². The molecule has 1 aliphatic rings. The predicted octanol–water partition coefficient (Wildman–Crippen LogP) is 4.29. The lowest BCUT2D eigenvalue weighted by Crippen LogP contribution is -2.41.